The van der Waals surface area contributed by atoms with Crippen molar-refractivity contribution in [3.63, 3.8) is 0 Å². The molecule has 90 valence electrons. The summed E-state index contributed by atoms with van der Waals surface area (Å²) in [6.45, 7) is 0. The number of nitriles is 1. The molecule has 0 aliphatic heterocycles. The number of hydrogen-bond donors (Lipinski definition) is 1. The van der Waals surface area contributed by atoms with E-state index in [1.54, 1.807) is 30.1 Å². The van der Waals surface area contributed by atoms with Gasteiger partial charge in [-0.1, -0.05) is 17.7 Å². The van der Waals surface area contributed by atoms with Gasteiger partial charge in [0, 0.05) is 22.5 Å². The monoisotopic (exact) mass is 275 g/mol. The Morgan fingerprint density at radius 1 is 1.39 bits per heavy atom. The van der Waals surface area contributed by atoms with Crippen LogP contribution in [0.4, 0.5) is 5.69 Å². The van der Waals surface area contributed by atoms with E-state index in [9.17, 15) is 0 Å². The molecule has 0 aliphatic carbocycles. The lowest BCUT2D eigenvalue weighted by Gasteiger charge is -2.06. The van der Waals surface area contributed by atoms with Crippen LogP contribution in [-0.4, -0.2) is 4.98 Å². The second-order valence-electron chi connectivity index (χ2n) is 3.60. The van der Waals surface area contributed by atoms with Crippen LogP contribution in [0, 0.1) is 11.3 Å². The van der Waals surface area contributed by atoms with E-state index in [1.165, 1.54) is 0 Å². The third kappa shape index (κ3) is 2.95. The standard InChI is InChI=1S/C13H10ClN3S/c14-11-4-3-10(16)6-13(11)18-8-9-2-1-5-17-12(9)7-15/h1-6H,8,16H2. The van der Waals surface area contributed by atoms with Gasteiger partial charge in [0.05, 0.1) is 5.02 Å². The van der Waals surface area contributed by atoms with Gasteiger partial charge in [-0.05, 0) is 29.8 Å². The van der Waals surface area contributed by atoms with E-state index < -0.39 is 0 Å². The first-order valence-corrected chi connectivity index (χ1v) is 6.59. The topological polar surface area (TPSA) is 62.7 Å². The Labute approximate surface area is 115 Å². The van der Waals surface area contributed by atoms with Crippen molar-refractivity contribution in [2.75, 3.05) is 5.73 Å². The average Bonchev–Trinajstić information content (AvgIpc) is 2.40. The first kappa shape index (κ1) is 12.7. The molecule has 0 fully saturated rings. The molecule has 0 radical (unpaired) electrons. The molecule has 18 heavy (non-hydrogen) atoms. The molecule has 0 bridgehead atoms. The van der Waals surface area contributed by atoms with E-state index in [1.807, 2.05) is 18.2 Å². The van der Waals surface area contributed by atoms with Gasteiger partial charge in [0.1, 0.15) is 11.8 Å². The summed E-state index contributed by atoms with van der Waals surface area (Å²) in [5, 5.41) is 9.61. The molecule has 0 spiro atoms. The number of pyridine rings is 1. The van der Waals surface area contributed by atoms with E-state index >= 15 is 0 Å². The van der Waals surface area contributed by atoms with Crippen molar-refractivity contribution in [2.24, 2.45) is 0 Å². The number of benzene rings is 1. The minimum atomic E-state index is 0.449. The van der Waals surface area contributed by atoms with Gasteiger partial charge < -0.3 is 5.73 Å². The highest BCUT2D eigenvalue weighted by Crippen LogP contribution is 2.31. The molecular formula is C13H10ClN3S. The Balaban J connectivity index is 2.17. The lowest BCUT2D eigenvalue weighted by atomic mass is 10.2. The lowest BCUT2D eigenvalue weighted by Crippen LogP contribution is -1.91. The zero-order chi connectivity index (χ0) is 13.0. The molecule has 0 saturated carbocycles. The summed E-state index contributed by atoms with van der Waals surface area (Å²) in [6, 6.07) is 11.1. The molecule has 2 N–H and O–H groups in total. The van der Waals surface area contributed by atoms with Crippen LogP contribution in [-0.2, 0) is 5.75 Å². The van der Waals surface area contributed by atoms with Crippen molar-refractivity contribution in [3.8, 4) is 6.07 Å². The third-order valence-electron chi connectivity index (χ3n) is 2.34. The Kier molecular flexibility index (Phi) is 4.08. The minimum Gasteiger partial charge on any atom is -0.399 e. The molecule has 0 saturated heterocycles. The molecule has 0 aliphatic rings. The Morgan fingerprint density at radius 2 is 2.22 bits per heavy atom. The van der Waals surface area contributed by atoms with Gasteiger partial charge in [-0.25, -0.2) is 4.98 Å². The number of nitrogen functional groups attached to an aromatic ring is 1. The molecule has 2 aromatic rings. The van der Waals surface area contributed by atoms with Crippen molar-refractivity contribution in [1.82, 2.24) is 4.98 Å². The van der Waals surface area contributed by atoms with Crippen molar-refractivity contribution in [3.05, 3.63) is 52.8 Å². The number of rotatable bonds is 3. The summed E-state index contributed by atoms with van der Waals surface area (Å²) in [4.78, 5) is 4.92. The van der Waals surface area contributed by atoms with Gasteiger partial charge >= 0.3 is 0 Å². The molecule has 1 aromatic heterocycles. The quantitative estimate of drug-likeness (QED) is 0.688. The Morgan fingerprint density at radius 3 is 3.00 bits per heavy atom. The smallest absolute Gasteiger partial charge is 0.144 e. The second kappa shape index (κ2) is 5.76. The number of hydrogen-bond acceptors (Lipinski definition) is 4. The molecule has 0 unspecified atom stereocenters. The van der Waals surface area contributed by atoms with E-state index in [0.29, 0.717) is 22.2 Å². The number of thioether (sulfide) groups is 1. The maximum Gasteiger partial charge on any atom is 0.144 e. The van der Waals surface area contributed by atoms with Gasteiger partial charge in [-0.15, -0.1) is 11.8 Å². The first-order chi connectivity index (χ1) is 8.70. The van der Waals surface area contributed by atoms with Crippen LogP contribution in [0.2, 0.25) is 5.02 Å². The van der Waals surface area contributed by atoms with Crippen LogP contribution >= 0.6 is 23.4 Å². The summed E-state index contributed by atoms with van der Waals surface area (Å²) in [7, 11) is 0. The van der Waals surface area contributed by atoms with E-state index in [2.05, 4.69) is 11.1 Å². The zero-order valence-electron chi connectivity index (χ0n) is 9.43. The third-order valence-corrected chi connectivity index (χ3v) is 3.88. The number of nitrogens with zero attached hydrogens (tertiary/aromatic N) is 2. The van der Waals surface area contributed by atoms with Crippen LogP contribution in [0.25, 0.3) is 0 Å². The number of nitrogens with two attached hydrogens (primary N) is 1. The minimum absolute atomic E-state index is 0.449. The van der Waals surface area contributed by atoms with Gasteiger partial charge in [-0.2, -0.15) is 5.26 Å². The van der Waals surface area contributed by atoms with Crippen LogP contribution < -0.4 is 5.73 Å². The van der Waals surface area contributed by atoms with Crippen molar-refractivity contribution in [2.45, 2.75) is 10.6 Å². The SMILES string of the molecule is N#Cc1ncccc1CSc1cc(N)ccc1Cl. The van der Waals surface area contributed by atoms with E-state index in [4.69, 9.17) is 22.6 Å². The number of halogens is 1. The Bertz CT molecular complexity index is 607. The summed E-state index contributed by atoms with van der Waals surface area (Å²) in [5.41, 5.74) is 7.73. The molecule has 5 heteroatoms. The summed E-state index contributed by atoms with van der Waals surface area (Å²) >= 11 is 7.62. The fourth-order valence-electron chi connectivity index (χ4n) is 1.44. The van der Waals surface area contributed by atoms with Gasteiger partial charge in [0.25, 0.3) is 0 Å². The molecule has 0 atom stereocenters. The highest BCUT2D eigenvalue weighted by atomic mass is 35.5. The molecule has 3 nitrogen and oxygen atoms in total. The average molecular weight is 276 g/mol. The second-order valence-corrected chi connectivity index (χ2v) is 5.03. The van der Waals surface area contributed by atoms with E-state index in [0.717, 1.165) is 10.5 Å². The van der Waals surface area contributed by atoms with Crippen molar-refractivity contribution >= 4 is 29.1 Å². The molecular weight excluding hydrogens is 266 g/mol. The van der Waals surface area contributed by atoms with E-state index in [-0.39, 0.29) is 0 Å². The fraction of sp³-hybridized carbons (Fsp3) is 0.0769. The van der Waals surface area contributed by atoms with Crippen LogP contribution in [0.1, 0.15) is 11.3 Å². The van der Waals surface area contributed by atoms with Crippen molar-refractivity contribution in [1.29, 1.82) is 5.26 Å². The number of aromatic nitrogens is 1. The molecule has 1 aromatic carbocycles. The summed E-state index contributed by atoms with van der Waals surface area (Å²) < 4.78 is 0. The Hall–Kier alpha value is -1.70. The predicted molar refractivity (Wildman–Crippen MR) is 74.4 cm³/mol. The van der Waals surface area contributed by atoms with Gasteiger partial charge in [0.2, 0.25) is 0 Å². The summed E-state index contributed by atoms with van der Waals surface area (Å²) in [5.74, 6) is 0.639. The largest absolute Gasteiger partial charge is 0.399 e. The molecule has 0 amide bonds. The van der Waals surface area contributed by atoms with Gasteiger partial charge in [0.15, 0.2) is 0 Å². The highest BCUT2D eigenvalue weighted by Gasteiger charge is 2.06. The fourth-order valence-corrected chi connectivity index (χ4v) is 2.69. The maximum absolute atomic E-state index is 8.95. The first-order valence-electron chi connectivity index (χ1n) is 5.22. The summed E-state index contributed by atoms with van der Waals surface area (Å²) in [6.07, 6.45) is 1.61. The predicted octanol–water partition coefficient (Wildman–Crippen LogP) is 3.48. The van der Waals surface area contributed by atoms with Crippen LogP contribution in [0.3, 0.4) is 0 Å². The highest BCUT2D eigenvalue weighted by molar-refractivity contribution is 7.98. The van der Waals surface area contributed by atoms with Gasteiger partial charge in [-0.3, -0.25) is 0 Å². The van der Waals surface area contributed by atoms with Crippen molar-refractivity contribution < 1.29 is 0 Å². The van der Waals surface area contributed by atoms with Crippen LogP contribution in [0.15, 0.2) is 41.4 Å². The lowest BCUT2D eigenvalue weighted by molar-refractivity contribution is 1.19. The molecule has 1 heterocycles. The normalized spacial score (nSPS) is 10.0. The maximum atomic E-state index is 8.95. The zero-order valence-corrected chi connectivity index (χ0v) is 11.0. The molecule has 2 rings (SSSR count). The number of anilines is 1. The van der Waals surface area contributed by atoms with Crippen LogP contribution in [0.5, 0.6) is 0 Å².